The minimum absolute atomic E-state index is 0.864. The topological polar surface area (TPSA) is 26.2 Å². The molecule has 0 aliphatic rings. The van der Waals surface area contributed by atoms with E-state index in [9.17, 15) is 0 Å². The summed E-state index contributed by atoms with van der Waals surface area (Å²) in [7, 11) is 1.66. The van der Waals surface area contributed by atoms with E-state index >= 15 is 0 Å². The molecule has 0 bridgehead atoms. The van der Waals surface area contributed by atoms with Crippen LogP contribution >= 0.6 is 0 Å². The molecule has 72 valence electrons. The van der Waals surface area contributed by atoms with Crippen molar-refractivity contribution in [1.82, 2.24) is 4.68 Å². The van der Waals surface area contributed by atoms with Gasteiger partial charge in [-0.15, -0.1) is 0 Å². The standard InChI is InChI=1S/C11H12N2O/c1-14-11-6-4-10(5-7-11)12-13-8-2-3-9-13/h2-9,12H,1H3. The van der Waals surface area contributed by atoms with Gasteiger partial charge in [0.2, 0.25) is 0 Å². The number of hydrogen-bond donors (Lipinski definition) is 1. The lowest BCUT2D eigenvalue weighted by molar-refractivity contribution is 0.415. The minimum Gasteiger partial charge on any atom is -0.497 e. The quantitative estimate of drug-likeness (QED) is 0.800. The fourth-order valence-corrected chi connectivity index (χ4v) is 1.22. The molecule has 0 amide bonds. The molecule has 0 saturated heterocycles. The molecule has 0 spiro atoms. The van der Waals surface area contributed by atoms with E-state index in [4.69, 9.17) is 4.74 Å². The van der Waals surface area contributed by atoms with E-state index in [1.165, 1.54) is 0 Å². The third kappa shape index (κ3) is 1.88. The maximum atomic E-state index is 5.07. The van der Waals surface area contributed by atoms with E-state index in [0.717, 1.165) is 11.4 Å². The maximum absolute atomic E-state index is 5.07. The highest BCUT2D eigenvalue weighted by molar-refractivity contribution is 5.46. The Labute approximate surface area is 82.9 Å². The van der Waals surface area contributed by atoms with Crippen molar-refractivity contribution in [3.63, 3.8) is 0 Å². The first-order valence-corrected chi connectivity index (χ1v) is 4.42. The first-order chi connectivity index (χ1) is 6.88. The molecule has 0 radical (unpaired) electrons. The lowest BCUT2D eigenvalue weighted by Crippen LogP contribution is -2.05. The maximum Gasteiger partial charge on any atom is 0.119 e. The average Bonchev–Trinajstić information content (AvgIpc) is 2.72. The molecule has 1 aromatic carbocycles. The normalized spacial score (nSPS) is 9.79. The molecule has 2 aromatic rings. The van der Waals surface area contributed by atoms with Gasteiger partial charge in [0.05, 0.1) is 12.8 Å². The summed E-state index contributed by atoms with van der Waals surface area (Å²) in [4.78, 5) is 0. The Morgan fingerprint density at radius 1 is 1.07 bits per heavy atom. The summed E-state index contributed by atoms with van der Waals surface area (Å²) in [6.45, 7) is 0. The predicted octanol–water partition coefficient (Wildman–Crippen LogP) is 2.37. The zero-order valence-electron chi connectivity index (χ0n) is 7.97. The molecule has 1 heterocycles. The number of rotatable bonds is 3. The first kappa shape index (κ1) is 8.69. The highest BCUT2D eigenvalue weighted by Gasteiger charge is 1.92. The highest BCUT2D eigenvalue weighted by Crippen LogP contribution is 2.14. The van der Waals surface area contributed by atoms with Gasteiger partial charge >= 0.3 is 0 Å². The number of ether oxygens (including phenoxy) is 1. The van der Waals surface area contributed by atoms with E-state index in [0.29, 0.717) is 0 Å². The fraction of sp³-hybridized carbons (Fsp3) is 0.0909. The van der Waals surface area contributed by atoms with Crippen LogP contribution in [0.1, 0.15) is 0 Å². The fourth-order valence-electron chi connectivity index (χ4n) is 1.22. The van der Waals surface area contributed by atoms with Gasteiger partial charge in [0, 0.05) is 12.4 Å². The molecule has 0 aliphatic heterocycles. The number of anilines is 1. The number of nitrogens with zero attached hydrogens (tertiary/aromatic N) is 1. The van der Waals surface area contributed by atoms with Crippen molar-refractivity contribution in [3.8, 4) is 5.75 Å². The molecule has 3 heteroatoms. The van der Waals surface area contributed by atoms with Crippen molar-refractivity contribution in [2.75, 3.05) is 12.5 Å². The summed E-state index contributed by atoms with van der Waals surface area (Å²) in [6, 6.07) is 11.7. The molecule has 0 aliphatic carbocycles. The number of benzene rings is 1. The highest BCUT2D eigenvalue weighted by atomic mass is 16.5. The van der Waals surface area contributed by atoms with Gasteiger partial charge < -0.3 is 4.74 Å². The van der Waals surface area contributed by atoms with Crippen LogP contribution in [0, 0.1) is 0 Å². The average molecular weight is 188 g/mol. The van der Waals surface area contributed by atoms with Gasteiger partial charge in [0.15, 0.2) is 0 Å². The van der Waals surface area contributed by atoms with Crippen LogP contribution < -0.4 is 10.2 Å². The van der Waals surface area contributed by atoms with Crippen LogP contribution in [-0.4, -0.2) is 11.8 Å². The predicted molar refractivity (Wildman–Crippen MR) is 56.4 cm³/mol. The van der Waals surface area contributed by atoms with Crippen molar-refractivity contribution < 1.29 is 4.74 Å². The first-order valence-electron chi connectivity index (χ1n) is 4.42. The van der Waals surface area contributed by atoms with Crippen molar-refractivity contribution in [2.24, 2.45) is 0 Å². The number of methoxy groups -OCH3 is 1. The summed E-state index contributed by atoms with van der Waals surface area (Å²) < 4.78 is 6.96. The Balaban J connectivity index is 2.10. The van der Waals surface area contributed by atoms with Crippen LogP contribution in [0.15, 0.2) is 48.8 Å². The van der Waals surface area contributed by atoms with Gasteiger partial charge in [0.25, 0.3) is 0 Å². The SMILES string of the molecule is COc1ccc(Nn2cccc2)cc1. The van der Waals surface area contributed by atoms with Gasteiger partial charge in [0.1, 0.15) is 5.75 Å². The smallest absolute Gasteiger partial charge is 0.119 e. The second kappa shape index (κ2) is 3.87. The van der Waals surface area contributed by atoms with Crippen LogP contribution in [0.25, 0.3) is 0 Å². The van der Waals surface area contributed by atoms with E-state index in [-0.39, 0.29) is 0 Å². The van der Waals surface area contributed by atoms with Crippen molar-refractivity contribution in [3.05, 3.63) is 48.8 Å². The number of nitrogens with one attached hydrogen (secondary N) is 1. The number of aromatic nitrogens is 1. The van der Waals surface area contributed by atoms with Gasteiger partial charge in [-0.2, -0.15) is 0 Å². The number of hydrogen-bond acceptors (Lipinski definition) is 2. The molecule has 1 aromatic heterocycles. The van der Waals surface area contributed by atoms with E-state index in [1.807, 2.05) is 53.5 Å². The zero-order valence-corrected chi connectivity index (χ0v) is 7.97. The zero-order chi connectivity index (χ0) is 9.80. The monoisotopic (exact) mass is 188 g/mol. The molecule has 0 atom stereocenters. The summed E-state index contributed by atoms with van der Waals surface area (Å²) in [5, 5.41) is 0. The van der Waals surface area contributed by atoms with E-state index in [2.05, 4.69) is 5.43 Å². The summed E-state index contributed by atoms with van der Waals surface area (Å²) >= 11 is 0. The van der Waals surface area contributed by atoms with Gasteiger partial charge in [-0.1, -0.05) is 0 Å². The van der Waals surface area contributed by atoms with Crippen molar-refractivity contribution in [2.45, 2.75) is 0 Å². The Morgan fingerprint density at radius 3 is 2.29 bits per heavy atom. The van der Waals surface area contributed by atoms with Crippen LogP contribution in [0.2, 0.25) is 0 Å². The molecule has 0 unspecified atom stereocenters. The Bertz CT molecular complexity index is 378. The molecule has 14 heavy (non-hydrogen) atoms. The lowest BCUT2D eigenvalue weighted by atomic mass is 10.3. The molecular weight excluding hydrogens is 176 g/mol. The minimum atomic E-state index is 0.864. The van der Waals surface area contributed by atoms with Gasteiger partial charge in [-0.05, 0) is 36.4 Å². The Hall–Kier alpha value is -1.90. The van der Waals surface area contributed by atoms with Crippen molar-refractivity contribution >= 4 is 5.69 Å². The largest absolute Gasteiger partial charge is 0.497 e. The van der Waals surface area contributed by atoms with E-state index in [1.54, 1.807) is 7.11 Å². The van der Waals surface area contributed by atoms with Crippen molar-refractivity contribution in [1.29, 1.82) is 0 Å². The Kier molecular flexibility index (Phi) is 2.40. The molecule has 1 N–H and O–H groups in total. The summed E-state index contributed by atoms with van der Waals surface area (Å²) in [5.74, 6) is 0.864. The van der Waals surface area contributed by atoms with Crippen LogP contribution in [0.5, 0.6) is 5.75 Å². The van der Waals surface area contributed by atoms with Gasteiger partial charge in [-0.3, -0.25) is 10.1 Å². The molecular formula is C11H12N2O. The van der Waals surface area contributed by atoms with Crippen LogP contribution in [0.4, 0.5) is 5.69 Å². The lowest BCUT2D eigenvalue weighted by Gasteiger charge is -2.07. The third-order valence-electron chi connectivity index (χ3n) is 1.95. The van der Waals surface area contributed by atoms with Crippen LogP contribution in [0.3, 0.4) is 0 Å². The summed E-state index contributed by atoms with van der Waals surface area (Å²) in [6.07, 6.45) is 3.90. The second-order valence-corrected chi connectivity index (χ2v) is 2.93. The van der Waals surface area contributed by atoms with Gasteiger partial charge in [-0.25, -0.2) is 0 Å². The summed E-state index contributed by atoms with van der Waals surface area (Å²) in [5.41, 5.74) is 4.23. The Morgan fingerprint density at radius 2 is 1.71 bits per heavy atom. The molecule has 3 nitrogen and oxygen atoms in total. The molecule has 2 rings (SSSR count). The molecule has 0 saturated carbocycles. The third-order valence-corrected chi connectivity index (χ3v) is 1.95. The second-order valence-electron chi connectivity index (χ2n) is 2.93. The van der Waals surface area contributed by atoms with E-state index < -0.39 is 0 Å². The van der Waals surface area contributed by atoms with Crippen LogP contribution in [-0.2, 0) is 0 Å². The molecule has 0 fully saturated rings.